The number of para-hydroxylation sites is 1. The molecule has 2 aromatic carbocycles. The number of benzene rings is 2. The van der Waals surface area contributed by atoms with Crippen LogP contribution in [-0.2, 0) is 4.79 Å². The third-order valence-electron chi connectivity index (χ3n) is 2.78. The number of anilines is 1. The van der Waals surface area contributed by atoms with Crippen LogP contribution in [0.3, 0.4) is 0 Å². The standard InChI is InChI=1S/C16H16BrNO3/c1-20-15-8-7-12(17)11-14(15)18-16(19)9-10-21-13-5-3-2-4-6-13/h2-8,11H,9-10H2,1H3,(H,18,19). The van der Waals surface area contributed by atoms with E-state index >= 15 is 0 Å². The molecule has 0 spiro atoms. The second kappa shape index (κ2) is 7.69. The van der Waals surface area contributed by atoms with Crippen LogP contribution in [-0.4, -0.2) is 19.6 Å². The van der Waals surface area contributed by atoms with Gasteiger partial charge in [-0.3, -0.25) is 4.79 Å². The molecule has 1 N–H and O–H groups in total. The summed E-state index contributed by atoms with van der Waals surface area (Å²) in [6.45, 7) is 0.326. The van der Waals surface area contributed by atoms with E-state index in [9.17, 15) is 4.79 Å². The van der Waals surface area contributed by atoms with Crippen LogP contribution < -0.4 is 14.8 Å². The lowest BCUT2D eigenvalue weighted by atomic mass is 10.3. The van der Waals surface area contributed by atoms with E-state index in [0.717, 1.165) is 10.2 Å². The van der Waals surface area contributed by atoms with Gasteiger partial charge in [0.25, 0.3) is 0 Å². The number of methoxy groups -OCH3 is 1. The number of halogens is 1. The second-order valence-electron chi connectivity index (χ2n) is 4.30. The highest BCUT2D eigenvalue weighted by atomic mass is 79.9. The molecule has 1 amide bonds. The van der Waals surface area contributed by atoms with E-state index in [4.69, 9.17) is 9.47 Å². The van der Waals surface area contributed by atoms with E-state index in [-0.39, 0.29) is 12.3 Å². The van der Waals surface area contributed by atoms with Gasteiger partial charge in [-0.25, -0.2) is 0 Å². The number of nitrogens with one attached hydrogen (secondary N) is 1. The monoisotopic (exact) mass is 349 g/mol. The maximum Gasteiger partial charge on any atom is 0.227 e. The zero-order chi connectivity index (χ0) is 15.1. The van der Waals surface area contributed by atoms with Gasteiger partial charge in [-0.15, -0.1) is 0 Å². The number of carbonyl (C=O) groups is 1. The largest absolute Gasteiger partial charge is 0.495 e. The van der Waals surface area contributed by atoms with E-state index in [0.29, 0.717) is 18.0 Å². The predicted octanol–water partition coefficient (Wildman–Crippen LogP) is 3.87. The maximum atomic E-state index is 11.9. The van der Waals surface area contributed by atoms with Gasteiger partial charge in [0, 0.05) is 4.47 Å². The number of hydrogen-bond acceptors (Lipinski definition) is 3. The van der Waals surface area contributed by atoms with E-state index in [1.54, 1.807) is 19.2 Å². The van der Waals surface area contributed by atoms with Crippen molar-refractivity contribution in [2.45, 2.75) is 6.42 Å². The molecule has 0 saturated heterocycles. The highest BCUT2D eigenvalue weighted by Crippen LogP contribution is 2.27. The lowest BCUT2D eigenvalue weighted by molar-refractivity contribution is -0.116. The first-order valence-corrected chi connectivity index (χ1v) is 7.29. The SMILES string of the molecule is COc1ccc(Br)cc1NC(=O)CCOc1ccccc1. The minimum Gasteiger partial charge on any atom is -0.495 e. The minimum atomic E-state index is -0.123. The zero-order valence-electron chi connectivity index (χ0n) is 11.6. The fourth-order valence-corrected chi connectivity index (χ4v) is 2.13. The molecule has 21 heavy (non-hydrogen) atoms. The van der Waals surface area contributed by atoms with Crippen molar-refractivity contribution in [3.63, 3.8) is 0 Å². The average Bonchev–Trinajstić information content (AvgIpc) is 2.48. The Labute approximate surface area is 132 Å². The number of amides is 1. The second-order valence-corrected chi connectivity index (χ2v) is 5.22. The molecule has 0 heterocycles. The van der Waals surface area contributed by atoms with Crippen LogP contribution in [0.5, 0.6) is 11.5 Å². The van der Waals surface area contributed by atoms with Crippen molar-refractivity contribution < 1.29 is 14.3 Å². The van der Waals surface area contributed by atoms with Crippen LogP contribution in [0.1, 0.15) is 6.42 Å². The summed E-state index contributed by atoms with van der Waals surface area (Å²) in [6, 6.07) is 14.9. The lowest BCUT2D eigenvalue weighted by Gasteiger charge is -2.11. The summed E-state index contributed by atoms with van der Waals surface area (Å²) < 4.78 is 11.6. The fraction of sp³-hybridized carbons (Fsp3) is 0.188. The summed E-state index contributed by atoms with van der Waals surface area (Å²) in [5, 5.41) is 2.81. The Kier molecular flexibility index (Phi) is 5.63. The predicted molar refractivity (Wildman–Crippen MR) is 85.9 cm³/mol. The summed E-state index contributed by atoms with van der Waals surface area (Å²) in [6.07, 6.45) is 0.268. The Balaban J connectivity index is 1.86. The normalized spacial score (nSPS) is 10.0. The first-order valence-electron chi connectivity index (χ1n) is 6.50. The van der Waals surface area contributed by atoms with Crippen LogP contribution in [0.2, 0.25) is 0 Å². The first kappa shape index (κ1) is 15.4. The van der Waals surface area contributed by atoms with Crippen LogP contribution in [0, 0.1) is 0 Å². The van der Waals surface area contributed by atoms with Crippen LogP contribution in [0.4, 0.5) is 5.69 Å². The molecule has 0 saturated carbocycles. The van der Waals surface area contributed by atoms with Crippen molar-refractivity contribution in [2.75, 3.05) is 19.0 Å². The molecule has 4 nitrogen and oxygen atoms in total. The highest BCUT2D eigenvalue weighted by molar-refractivity contribution is 9.10. The Hall–Kier alpha value is -2.01. The van der Waals surface area contributed by atoms with Gasteiger partial charge in [0.05, 0.1) is 25.8 Å². The van der Waals surface area contributed by atoms with Crippen LogP contribution >= 0.6 is 15.9 Å². The highest BCUT2D eigenvalue weighted by Gasteiger charge is 2.08. The van der Waals surface area contributed by atoms with Crippen LogP contribution in [0.25, 0.3) is 0 Å². The number of hydrogen-bond donors (Lipinski definition) is 1. The third-order valence-corrected chi connectivity index (χ3v) is 3.27. The van der Waals surface area contributed by atoms with E-state index in [2.05, 4.69) is 21.2 Å². The van der Waals surface area contributed by atoms with E-state index in [1.807, 2.05) is 36.4 Å². The molecule has 5 heteroatoms. The average molecular weight is 350 g/mol. The molecule has 0 aliphatic rings. The summed E-state index contributed by atoms with van der Waals surface area (Å²) >= 11 is 3.37. The fourth-order valence-electron chi connectivity index (χ4n) is 1.77. The lowest BCUT2D eigenvalue weighted by Crippen LogP contribution is -2.15. The molecule has 0 aromatic heterocycles. The molecule has 0 aliphatic heterocycles. The van der Waals surface area contributed by atoms with Gasteiger partial charge in [0.15, 0.2) is 0 Å². The van der Waals surface area contributed by atoms with Crippen molar-refractivity contribution >= 4 is 27.5 Å². The minimum absolute atomic E-state index is 0.123. The van der Waals surface area contributed by atoms with Crippen molar-refractivity contribution in [1.82, 2.24) is 0 Å². The van der Waals surface area contributed by atoms with E-state index in [1.165, 1.54) is 0 Å². The Morgan fingerprint density at radius 1 is 1.19 bits per heavy atom. The zero-order valence-corrected chi connectivity index (χ0v) is 13.2. The number of rotatable bonds is 6. The smallest absolute Gasteiger partial charge is 0.227 e. The third kappa shape index (κ3) is 4.79. The Bertz CT molecular complexity index is 602. The summed E-state index contributed by atoms with van der Waals surface area (Å²) in [4.78, 5) is 11.9. The summed E-state index contributed by atoms with van der Waals surface area (Å²) in [5.74, 6) is 1.25. The molecule has 0 radical (unpaired) electrons. The van der Waals surface area contributed by atoms with Gasteiger partial charge in [0.1, 0.15) is 11.5 Å². The van der Waals surface area contributed by atoms with Gasteiger partial charge in [0.2, 0.25) is 5.91 Å². The topological polar surface area (TPSA) is 47.6 Å². The molecule has 110 valence electrons. The van der Waals surface area contributed by atoms with Crippen molar-refractivity contribution in [1.29, 1.82) is 0 Å². The van der Waals surface area contributed by atoms with Gasteiger partial charge >= 0.3 is 0 Å². The van der Waals surface area contributed by atoms with Gasteiger partial charge in [-0.2, -0.15) is 0 Å². The molecule has 0 fully saturated rings. The molecule has 0 unspecified atom stereocenters. The quantitative estimate of drug-likeness (QED) is 0.861. The molecular weight excluding hydrogens is 334 g/mol. The van der Waals surface area contributed by atoms with Gasteiger partial charge in [-0.1, -0.05) is 34.1 Å². The van der Waals surface area contributed by atoms with Crippen molar-refractivity contribution in [3.8, 4) is 11.5 Å². The van der Waals surface area contributed by atoms with E-state index < -0.39 is 0 Å². The molecule has 2 rings (SSSR count). The summed E-state index contributed by atoms with van der Waals surface area (Å²) in [5.41, 5.74) is 0.636. The molecule has 0 aliphatic carbocycles. The van der Waals surface area contributed by atoms with Gasteiger partial charge < -0.3 is 14.8 Å². The number of carbonyl (C=O) groups excluding carboxylic acids is 1. The molecule has 0 atom stereocenters. The van der Waals surface area contributed by atoms with Crippen molar-refractivity contribution in [2.24, 2.45) is 0 Å². The summed E-state index contributed by atoms with van der Waals surface area (Å²) in [7, 11) is 1.57. The number of ether oxygens (including phenoxy) is 2. The Morgan fingerprint density at radius 2 is 1.95 bits per heavy atom. The maximum absolute atomic E-state index is 11.9. The molecular formula is C16H16BrNO3. The first-order chi connectivity index (χ1) is 10.2. The molecule has 0 bridgehead atoms. The Morgan fingerprint density at radius 3 is 2.67 bits per heavy atom. The van der Waals surface area contributed by atoms with Gasteiger partial charge in [-0.05, 0) is 30.3 Å². The molecule has 2 aromatic rings. The van der Waals surface area contributed by atoms with Crippen LogP contribution in [0.15, 0.2) is 53.0 Å². The van der Waals surface area contributed by atoms with Crippen molar-refractivity contribution in [3.05, 3.63) is 53.0 Å².